The highest BCUT2D eigenvalue weighted by Gasteiger charge is 2.46. The van der Waals surface area contributed by atoms with Crippen LogP contribution in [0.4, 0.5) is 0 Å². The van der Waals surface area contributed by atoms with Crippen molar-refractivity contribution < 1.29 is 18.9 Å². The lowest BCUT2D eigenvalue weighted by atomic mass is 9.85. The van der Waals surface area contributed by atoms with E-state index in [9.17, 15) is 0 Å². The van der Waals surface area contributed by atoms with Crippen molar-refractivity contribution >= 4 is 0 Å². The van der Waals surface area contributed by atoms with Crippen molar-refractivity contribution in [1.82, 2.24) is 0 Å². The van der Waals surface area contributed by atoms with Crippen molar-refractivity contribution in [3.05, 3.63) is 52.4 Å². The summed E-state index contributed by atoms with van der Waals surface area (Å²) in [7, 11) is 0. The highest BCUT2D eigenvalue weighted by molar-refractivity contribution is 5.54. The minimum Gasteiger partial charge on any atom is -0.490 e. The van der Waals surface area contributed by atoms with E-state index in [-0.39, 0.29) is 6.10 Å². The number of benzene rings is 1. The highest BCUT2D eigenvalue weighted by Crippen LogP contribution is 2.57. The lowest BCUT2D eigenvalue weighted by molar-refractivity contribution is 0.258. The van der Waals surface area contributed by atoms with Crippen molar-refractivity contribution in [3.8, 4) is 5.75 Å². The lowest BCUT2D eigenvalue weighted by Gasteiger charge is -2.23. The average molecular weight is 310 g/mol. The third-order valence-corrected chi connectivity index (χ3v) is 5.54. The van der Waals surface area contributed by atoms with Crippen LogP contribution in [0.15, 0.2) is 41.2 Å². The van der Waals surface area contributed by atoms with E-state index >= 15 is 0 Å². The summed E-state index contributed by atoms with van der Waals surface area (Å²) < 4.78 is 22.8. The maximum Gasteiger partial charge on any atom is 0.150 e. The van der Waals surface area contributed by atoms with Gasteiger partial charge in [-0.05, 0) is 24.5 Å². The van der Waals surface area contributed by atoms with Crippen LogP contribution >= 0.6 is 0 Å². The van der Waals surface area contributed by atoms with Crippen LogP contribution in [0.3, 0.4) is 0 Å². The van der Waals surface area contributed by atoms with E-state index in [2.05, 4.69) is 18.2 Å². The molecule has 0 N–H and O–H groups in total. The van der Waals surface area contributed by atoms with E-state index in [1.807, 2.05) is 0 Å². The molecule has 1 saturated heterocycles. The number of hydrogen-bond donors (Lipinski definition) is 0. The lowest BCUT2D eigenvalue weighted by Crippen LogP contribution is -2.12. The van der Waals surface area contributed by atoms with Crippen molar-refractivity contribution in [2.24, 2.45) is 0 Å². The van der Waals surface area contributed by atoms with Gasteiger partial charge < -0.3 is 18.9 Å². The molecule has 23 heavy (non-hydrogen) atoms. The molecule has 4 nitrogen and oxygen atoms in total. The molecule has 1 fully saturated rings. The first-order valence-electron chi connectivity index (χ1n) is 8.57. The van der Waals surface area contributed by atoms with E-state index in [1.165, 1.54) is 34.2 Å². The Kier molecular flexibility index (Phi) is 2.35. The molecular formula is C19H18O4. The first-order valence-corrected chi connectivity index (χ1v) is 8.57. The van der Waals surface area contributed by atoms with E-state index < -0.39 is 0 Å². The fraction of sp³-hybridized carbons (Fsp3) is 0.474. The van der Waals surface area contributed by atoms with Crippen LogP contribution in [0.2, 0.25) is 0 Å². The highest BCUT2D eigenvalue weighted by atomic mass is 16.6. The Bertz CT molecular complexity index is 772. The molecule has 0 bridgehead atoms. The predicted octanol–water partition coefficient (Wildman–Crippen LogP) is 3.70. The fourth-order valence-corrected chi connectivity index (χ4v) is 4.19. The zero-order chi connectivity index (χ0) is 15.0. The molecular weight excluding hydrogens is 292 g/mol. The van der Waals surface area contributed by atoms with Gasteiger partial charge in [-0.3, -0.25) is 0 Å². The Labute approximate surface area is 134 Å². The van der Waals surface area contributed by atoms with Crippen LogP contribution < -0.4 is 4.74 Å². The molecule has 3 unspecified atom stereocenters. The van der Waals surface area contributed by atoms with Crippen molar-refractivity contribution in [3.63, 3.8) is 0 Å². The minimum atomic E-state index is 0.273. The molecule has 6 rings (SSSR count). The topological polar surface area (TPSA) is 46.8 Å². The summed E-state index contributed by atoms with van der Waals surface area (Å²) in [5.41, 5.74) is 2.70. The van der Waals surface area contributed by atoms with Gasteiger partial charge in [0.1, 0.15) is 41.5 Å². The molecule has 3 heterocycles. The number of allylic oxidation sites excluding steroid dienone is 4. The molecule has 0 spiro atoms. The van der Waals surface area contributed by atoms with Crippen LogP contribution in [0.1, 0.15) is 48.6 Å². The van der Waals surface area contributed by atoms with Gasteiger partial charge in [0.2, 0.25) is 0 Å². The van der Waals surface area contributed by atoms with E-state index in [1.54, 1.807) is 0 Å². The van der Waals surface area contributed by atoms with Crippen molar-refractivity contribution in [2.75, 3.05) is 13.2 Å². The first kappa shape index (κ1) is 12.5. The SMILES string of the molecule is c1cc(OCC2CO2)c(C2CCC3=C2O3)c(C2CCC3=C2O3)c1. The van der Waals surface area contributed by atoms with Crippen LogP contribution in [0.25, 0.3) is 0 Å². The van der Waals surface area contributed by atoms with Gasteiger partial charge in [0, 0.05) is 24.3 Å². The summed E-state index contributed by atoms with van der Waals surface area (Å²) in [5, 5.41) is 0. The largest absolute Gasteiger partial charge is 0.490 e. The minimum absolute atomic E-state index is 0.273. The number of rotatable bonds is 5. The van der Waals surface area contributed by atoms with Crippen LogP contribution in [-0.4, -0.2) is 19.3 Å². The summed E-state index contributed by atoms with van der Waals surface area (Å²) in [6.45, 7) is 1.47. The molecule has 0 saturated carbocycles. The van der Waals surface area contributed by atoms with Gasteiger partial charge in [-0.1, -0.05) is 12.1 Å². The smallest absolute Gasteiger partial charge is 0.150 e. The molecule has 2 aliphatic carbocycles. The van der Waals surface area contributed by atoms with E-state index in [0.717, 1.165) is 38.0 Å². The zero-order valence-electron chi connectivity index (χ0n) is 12.8. The molecule has 0 radical (unpaired) electrons. The summed E-state index contributed by atoms with van der Waals surface area (Å²) in [6.07, 6.45) is 4.71. The van der Waals surface area contributed by atoms with E-state index in [4.69, 9.17) is 18.9 Å². The predicted molar refractivity (Wildman–Crippen MR) is 81.8 cm³/mol. The zero-order valence-corrected chi connectivity index (χ0v) is 12.8. The monoisotopic (exact) mass is 310 g/mol. The third kappa shape index (κ3) is 1.94. The molecule has 4 heteroatoms. The Balaban J connectivity index is 1.41. The molecule has 3 atom stereocenters. The number of epoxide rings is 1. The molecule has 118 valence electrons. The maximum atomic E-state index is 6.13. The Morgan fingerprint density at radius 2 is 1.74 bits per heavy atom. The molecule has 3 aliphatic heterocycles. The number of ether oxygens (including phenoxy) is 4. The Hall–Kier alpha value is -1.94. The van der Waals surface area contributed by atoms with Crippen LogP contribution in [0, 0.1) is 0 Å². The van der Waals surface area contributed by atoms with Gasteiger partial charge in [0.05, 0.1) is 12.5 Å². The molecule has 1 aromatic carbocycles. The Morgan fingerprint density at radius 1 is 1.00 bits per heavy atom. The van der Waals surface area contributed by atoms with Crippen molar-refractivity contribution in [1.29, 1.82) is 0 Å². The summed E-state index contributed by atoms with van der Waals surface area (Å²) in [4.78, 5) is 0. The maximum absolute atomic E-state index is 6.13. The average Bonchev–Trinajstić information content (AvgIpc) is 3.51. The Morgan fingerprint density at radius 3 is 2.35 bits per heavy atom. The van der Waals surface area contributed by atoms with Gasteiger partial charge in [0.15, 0.2) is 0 Å². The first-order chi connectivity index (χ1) is 11.4. The van der Waals surface area contributed by atoms with Gasteiger partial charge in [0.25, 0.3) is 0 Å². The second-order valence-electron chi connectivity index (χ2n) is 6.99. The van der Waals surface area contributed by atoms with Gasteiger partial charge >= 0.3 is 0 Å². The fourth-order valence-electron chi connectivity index (χ4n) is 4.19. The molecule has 0 amide bonds. The van der Waals surface area contributed by atoms with Crippen molar-refractivity contribution in [2.45, 2.75) is 43.6 Å². The second-order valence-corrected chi connectivity index (χ2v) is 6.99. The van der Waals surface area contributed by atoms with Gasteiger partial charge in [-0.15, -0.1) is 0 Å². The summed E-state index contributed by atoms with van der Waals surface area (Å²) in [5.74, 6) is 6.58. The van der Waals surface area contributed by atoms with Gasteiger partial charge in [-0.25, -0.2) is 0 Å². The molecule has 5 aliphatic rings. The van der Waals surface area contributed by atoms with Gasteiger partial charge in [-0.2, -0.15) is 0 Å². The number of hydrogen-bond acceptors (Lipinski definition) is 4. The third-order valence-electron chi connectivity index (χ3n) is 5.54. The van der Waals surface area contributed by atoms with E-state index in [0.29, 0.717) is 18.4 Å². The normalized spacial score (nSPS) is 32.3. The standard InChI is InChI=1S/C19H18O4/c1-2-11(12-4-6-15-18(12)22-15)17(13-5-7-16-19(13)23-16)14(3-1)21-9-10-8-20-10/h1-3,10,12-13H,4-9H2. The molecule has 1 aromatic rings. The second kappa shape index (κ2) is 4.32. The summed E-state index contributed by atoms with van der Waals surface area (Å²) in [6, 6.07) is 6.46. The van der Waals surface area contributed by atoms with Crippen LogP contribution in [-0.2, 0) is 14.2 Å². The van der Waals surface area contributed by atoms with Crippen LogP contribution in [0.5, 0.6) is 5.75 Å². The summed E-state index contributed by atoms with van der Waals surface area (Å²) >= 11 is 0. The quantitative estimate of drug-likeness (QED) is 0.778. The molecule has 0 aromatic heterocycles.